The van der Waals surface area contributed by atoms with E-state index in [2.05, 4.69) is 5.32 Å². The summed E-state index contributed by atoms with van der Waals surface area (Å²) in [4.78, 5) is 11.8. The van der Waals surface area contributed by atoms with Crippen molar-refractivity contribution in [1.29, 1.82) is 0 Å². The average molecular weight is 279 g/mol. The minimum Gasteiger partial charge on any atom is -0.484 e. The zero-order chi connectivity index (χ0) is 15.1. The Bertz CT molecular complexity index is 439. The largest absolute Gasteiger partial charge is 0.484 e. The van der Waals surface area contributed by atoms with Crippen LogP contribution in [0.25, 0.3) is 0 Å². The maximum atomic E-state index is 11.8. The number of aliphatic hydroxyl groups is 1. The van der Waals surface area contributed by atoms with Gasteiger partial charge in [-0.15, -0.1) is 0 Å². The number of aryl methyl sites for hydroxylation is 1. The Morgan fingerprint density at radius 1 is 1.35 bits per heavy atom. The van der Waals surface area contributed by atoms with Crippen LogP contribution in [0.5, 0.6) is 5.75 Å². The first-order valence-electron chi connectivity index (χ1n) is 7.18. The van der Waals surface area contributed by atoms with E-state index in [1.165, 1.54) is 0 Å². The van der Waals surface area contributed by atoms with Crippen LogP contribution in [0.4, 0.5) is 0 Å². The van der Waals surface area contributed by atoms with Crippen molar-refractivity contribution in [2.75, 3.05) is 6.61 Å². The highest BCUT2D eigenvalue weighted by Crippen LogP contribution is 2.22. The van der Waals surface area contributed by atoms with E-state index in [1.54, 1.807) is 13.0 Å². The maximum absolute atomic E-state index is 11.8. The smallest absolute Gasteiger partial charge is 0.258 e. The summed E-state index contributed by atoms with van der Waals surface area (Å²) >= 11 is 0. The highest BCUT2D eigenvalue weighted by atomic mass is 16.5. The Hall–Kier alpha value is -1.55. The van der Waals surface area contributed by atoms with Crippen LogP contribution in [0.3, 0.4) is 0 Å². The number of hydrogen-bond donors (Lipinski definition) is 2. The molecule has 0 aromatic heterocycles. The topological polar surface area (TPSA) is 58.6 Å². The lowest BCUT2D eigenvalue weighted by Crippen LogP contribution is -2.37. The molecule has 4 heteroatoms. The molecule has 0 aliphatic rings. The number of aliphatic hydroxyl groups excluding tert-OH is 1. The van der Waals surface area contributed by atoms with E-state index < -0.39 is 6.10 Å². The normalized spacial score (nSPS) is 12.3. The van der Waals surface area contributed by atoms with E-state index in [4.69, 9.17) is 4.74 Å². The summed E-state index contributed by atoms with van der Waals surface area (Å²) in [6.07, 6.45) is 1.34. The molecule has 1 aromatic rings. The SMILES string of the molecule is CCC(CC)NC(=O)COc1ccc([C@@H](C)O)cc1C. The fraction of sp³-hybridized carbons (Fsp3) is 0.562. The predicted molar refractivity (Wildman–Crippen MR) is 79.8 cm³/mol. The predicted octanol–water partition coefficient (Wildman–Crippen LogP) is 2.73. The van der Waals surface area contributed by atoms with Crippen LogP contribution in [-0.2, 0) is 4.79 Å². The Labute approximate surface area is 121 Å². The average Bonchev–Trinajstić information content (AvgIpc) is 2.43. The number of nitrogens with one attached hydrogen (secondary N) is 1. The Kier molecular flexibility index (Phi) is 6.52. The van der Waals surface area contributed by atoms with E-state index in [0.29, 0.717) is 5.75 Å². The second-order valence-electron chi connectivity index (χ2n) is 5.07. The van der Waals surface area contributed by atoms with Gasteiger partial charge in [-0.2, -0.15) is 0 Å². The third kappa shape index (κ3) is 4.85. The third-order valence-electron chi connectivity index (χ3n) is 3.39. The molecule has 0 bridgehead atoms. The first-order valence-corrected chi connectivity index (χ1v) is 7.18. The van der Waals surface area contributed by atoms with Crippen LogP contribution in [0.2, 0.25) is 0 Å². The second kappa shape index (κ2) is 7.90. The summed E-state index contributed by atoms with van der Waals surface area (Å²) in [5.41, 5.74) is 1.76. The van der Waals surface area contributed by atoms with E-state index in [-0.39, 0.29) is 18.6 Å². The van der Waals surface area contributed by atoms with Crippen LogP contribution in [0, 0.1) is 6.92 Å². The molecule has 0 unspecified atom stereocenters. The van der Waals surface area contributed by atoms with Crippen molar-refractivity contribution in [2.45, 2.75) is 52.7 Å². The van der Waals surface area contributed by atoms with Gasteiger partial charge in [0.1, 0.15) is 5.75 Å². The molecule has 20 heavy (non-hydrogen) atoms. The van der Waals surface area contributed by atoms with Gasteiger partial charge in [0, 0.05) is 6.04 Å². The Balaban J connectivity index is 2.55. The molecule has 0 aliphatic heterocycles. The molecule has 0 aliphatic carbocycles. The second-order valence-corrected chi connectivity index (χ2v) is 5.07. The van der Waals surface area contributed by atoms with Gasteiger partial charge in [0.2, 0.25) is 0 Å². The fourth-order valence-corrected chi connectivity index (χ4v) is 2.00. The van der Waals surface area contributed by atoms with E-state index in [9.17, 15) is 9.90 Å². The fourth-order valence-electron chi connectivity index (χ4n) is 2.00. The van der Waals surface area contributed by atoms with E-state index >= 15 is 0 Å². The molecule has 4 nitrogen and oxygen atoms in total. The lowest BCUT2D eigenvalue weighted by atomic mass is 10.1. The number of ether oxygens (including phenoxy) is 1. The minimum atomic E-state index is -0.499. The summed E-state index contributed by atoms with van der Waals surface area (Å²) in [6.45, 7) is 7.74. The summed E-state index contributed by atoms with van der Waals surface area (Å²) < 4.78 is 5.53. The molecule has 0 heterocycles. The van der Waals surface area contributed by atoms with E-state index in [1.807, 2.05) is 32.9 Å². The van der Waals surface area contributed by atoms with Gasteiger partial charge in [-0.3, -0.25) is 4.79 Å². The minimum absolute atomic E-state index is 0.0192. The molecule has 1 aromatic carbocycles. The highest BCUT2D eigenvalue weighted by Gasteiger charge is 2.10. The molecule has 0 radical (unpaired) electrons. The van der Waals surface area contributed by atoms with Gasteiger partial charge in [0.25, 0.3) is 5.91 Å². The van der Waals surface area contributed by atoms with Crippen molar-refractivity contribution in [1.82, 2.24) is 5.32 Å². The van der Waals surface area contributed by atoms with E-state index in [0.717, 1.165) is 24.0 Å². The van der Waals surface area contributed by atoms with Gasteiger partial charge >= 0.3 is 0 Å². The van der Waals surface area contributed by atoms with Gasteiger partial charge in [0.05, 0.1) is 6.10 Å². The molecule has 1 atom stereocenters. The number of benzene rings is 1. The van der Waals surface area contributed by atoms with Gasteiger partial charge in [-0.25, -0.2) is 0 Å². The van der Waals surface area contributed by atoms with Gasteiger partial charge in [-0.1, -0.05) is 19.9 Å². The first kappa shape index (κ1) is 16.5. The quantitative estimate of drug-likeness (QED) is 0.807. The summed E-state index contributed by atoms with van der Waals surface area (Å²) in [5.74, 6) is 0.576. The summed E-state index contributed by atoms with van der Waals surface area (Å²) in [5, 5.41) is 12.4. The molecular formula is C16H25NO3. The number of carbonyl (C=O) groups is 1. The lowest BCUT2D eigenvalue weighted by Gasteiger charge is -2.16. The number of amides is 1. The molecule has 0 saturated carbocycles. The zero-order valence-corrected chi connectivity index (χ0v) is 12.8. The van der Waals surface area contributed by atoms with Crippen molar-refractivity contribution < 1.29 is 14.6 Å². The Morgan fingerprint density at radius 2 is 2.00 bits per heavy atom. The van der Waals surface area contributed by atoms with Gasteiger partial charge in [-0.05, 0) is 49.9 Å². The Morgan fingerprint density at radius 3 is 2.50 bits per heavy atom. The van der Waals surface area contributed by atoms with Crippen molar-refractivity contribution in [2.24, 2.45) is 0 Å². The van der Waals surface area contributed by atoms with Crippen LogP contribution >= 0.6 is 0 Å². The van der Waals surface area contributed by atoms with Crippen LogP contribution in [0.15, 0.2) is 18.2 Å². The summed E-state index contributed by atoms with van der Waals surface area (Å²) in [6, 6.07) is 5.69. The number of rotatable bonds is 7. The molecule has 112 valence electrons. The third-order valence-corrected chi connectivity index (χ3v) is 3.39. The monoisotopic (exact) mass is 279 g/mol. The van der Waals surface area contributed by atoms with Crippen molar-refractivity contribution in [3.63, 3.8) is 0 Å². The van der Waals surface area contributed by atoms with Gasteiger partial charge in [0.15, 0.2) is 6.61 Å². The summed E-state index contributed by atoms with van der Waals surface area (Å²) in [7, 11) is 0. The van der Waals surface area contributed by atoms with Crippen molar-refractivity contribution in [3.05, 3.63) is 29.3 Å². The van der Waals surface area contributed by atoms with Crippen LogP contribution < -0.4 is 10.1 Å². The lowest BCUT2D eigenvalue weighted by molar-refractivity contribution is -0.123. The number of carbonyl (C=O) groups excluding carboxylic acids is 1. The molecular weight excluding hydrogens is 254 g/mol. The molecule has 2 N–H and O–H groups in total. The highest BCUT2D eigenvalue weighted by molar-refractivity contribution is 5.77. The molecule has 0 saturated heterocycles. The van der Waals surface area contributed by atoms with Gasteiger partial charge < -0.3 is 15.2 Å². The molecule has 1 amide bonds. The molecule has 0 fully saturated rings. The molecule has 1 rings (SSSR count). The maximum Gasteiger partial charge on any atom is 0.258 e. The zero-order valence-electron chi connectivity index (χ0n) is 12.8. The van der Waals surface area contributed by atoms with Crippen LogP contribution in [-0.4, -0.2) is 23.7 Å². The first-order chi connectivity index (χ1) is 9.47. The molecule has 0 spiro atoms. The number of hydrogen-bond acceptors (Lipinski definition) is 3. The van der Waals surface area contributed by atoms with Crippen molar-refractivity contribution >= 4 is 5.91 Å². The van der Waals surface area contributed by atoms with Crippen LogP contribution in [0.1, 0.15) is 50.8 Å². The van der Waals surface area contributed by atoms with Crippen molar-refractivity contribution in [3.8, 4) is 5.75 Å². The standard InChI is InChI=1S/C16H25NO3/c1-5-14(6-2)17-16(19)10-20-15-8-7-13(12(4)18)9-11(15)3/h7-9,12,14,18H,5-6,10H2,1-4H3,(H,17,19)/t12-/m1/s1.